The second-order valence-corrected chi connectivity index (χ2v) is 9.07. The molecule has 0 unspecified atom stereocenters. The normalized spacial score (nSPS) is 12.1. The van der Waals surface area contributed by atoms with Gasteiger partial charge in [0.1, 0.15) is 17.5 Å². The van der Waals surface area contributed by atoms with Crippen LogP contribution in [0.3, 0.4) is 0 Å². The molecule has 0 spiro atoms. The number of hydrogen-bond donors (Lipinski definition) is 1. The molecule has 0 fully saturated rings. The molecular weight excluding hydrogens is 404 g/mol. The molecule has 0 aromatic heterocycles. The minimum Gasteiger partial charge on any atom is -0.497 e. The van der Waals surface area contributed by atoms with Gasteiger partial charge >= 0.3 is 0 Å². The van der Waals surface area contributed by atoms with Gasteiger partial charge in [0.25, 0.3) is 5.91 Å². The minimum atomic E-state index is -0.604. The molecule has 1 atom stereocenters. The highest BCUT2D eigenvalue weighted by Crippen LogP contribution is 2.19. The van der Waals surface area contributed by atoms with Crippen LogP contribution in [0, 0.1) is 13.8 Å². The lowest BCUT2D eigenvalue weighted by atomic mass is 10.1. The van der Waals surface area contributed by atoms with Crippen LogP contribution in [0.15, 0.2) is 42.5 Å². The average molecular weight is 441 g/mol. The molecular formula is C26H36N2O4. The summed E-state index contributed by atoms with van der Waals surface area (Å²) in [5.74, 6) is 0.961. The molecule has 0 radical (unpaired) electrons. The van der Waals surface area contributed by atoms with Crippen molar-refractivity contribution in [2.24, 2.45) is 0 Å². The lowest BCUT2D eigenvalue weighted by Crippen LogP contribution is -2.54. The van der Waals surface area contributed by atoms with E-state index in [2.05, 4.69) is 5.32 Å². The van der Waals surface area contributed by atoms with Crippen LogP contribution >= 0.6 is 0 Å². The first-order chi connectivity index (χ1) is 15.0. The first-order valence-corrected chi connectivity index (χ1v) is 11.0. The van der Waals surface area contributed by atoms with Crippen molar-refractivity contribution in [2.45, 2.75) is 66.1 Å². The van der Waals surface area contributed by atoms with Crippen LogP contribution < -0.4 is 14.8 Å². The molecule has 174 valence electrons. The number of ether oxygens (including phenoxy) is 2. The van der Waals surface area contributed by atoms with Gasteiger partial charge in [0.15, 0.2) is 6.61 Å². The van der Waals surface area contributed by atoms with Gasteiger partial charge in [-0.25, -0.2) is 0 Å². The molecule has 0 saturated carbocycles. The molecule has 6 nitrogen and oxygen atoms in total. The monoisotopic (exact) mass is 440 g/mol. The third-order valence-electron chi connectivity index (χ3n) is 5.24. The Morgan fingerprint density at radius 3 is 2.16 bits per heavy atom. The summed E-state index contributed by atoms with van der Waals surface area (Å²) in [6.07, 6.45) is 0.493. The van der Waals surface area contributed by atoms with E-state index in [9.17, 15) is 9.59 Å². The number of hydrogen-bond acceptors (Lipinski definition) is 4. The highest BCUT2D eigenvalue weighted by atomic mass is 16.5. The Morgan fingerprint density at radius 2 is 1.62 bits per heavy atom. The summed E-state index contributed by atoms with van der Waals surface area (Å²) >= 11 is 0. The summed E-state index contributed by atoms with van der Waals surface area (Å²) in [6.45, 7) is 11.9. The number of carbonyl (C=O) groups is 2. The highest BCUT2D eigenvalue weighted by Gasteiger charge is 2.30. The van der Waals surface area contributed by atoms with Gasteiger partial charge < -0.3 is 19.7 Å². The molecule has 2 aromatic carbocycles. The predicted octanol–water partition coefficient (Wildman–Crippen LogP) is 4.41. The van der Waals surface area contributed by atoms with Crippen LogP contribution in [0.1, 0.15) is 50.8 Å². The molecule has 2 aromatic rings. The predicted molar refractivity (Wildman–Crippen MR) is 127 cm³/mol. The number of rotatable bonds is 9. The van der Waals surface area contributed by atoms with Crippen LogP contribution in [0.4, 0.5) is 0 Å². The molecule has 6 heteroatoms. The van der Waals surface area contributed by atoms with Crippen molar-refractivity contribution in [2.75, 3.05) is 13.7 Å². The zero-order chi connectivity index (χ0) is 23.9. The summed E-state index contributed by atoms with van der Waals surface area (Å²) in [4.78, 5) is 27.9. The molecule has 32 heavy (non-hydrogen) atoms. The number of amides is 2. The van der Waals surface area contributed by atoms with Crippen LogP contribution in [0.5, 0.6) is 11.5 Å². The Labute approximate surface area is 191 Å². The largest absolute Gasteiger partial charge is 0.497 e. The van der Waals surface area contributed by atoms with Gasteiger partial charge in [-0.2, -0.15) is 0 Å². The van der Waals surface area contributed by atoms with Crippen molar-refractivity contribution in [3.63, 3.8) is 0 Å². The van der Waals surface area contributed by atoms with Crippen LogP contribution in [0.25, 0.3) is 0 Å². The van der Waals surface area contributed by atoms with E-state index >= 15 is 0 Å². The van der Waals surface area contributed by atoms with Gasteiger partial charge in [0, 0.05) is 12.1 Å². The summed E-state index contributed by atoms with van der Waals surface area (Å²) in [6, 6.07) is 12.6. The number of methoxy groups -OCH3 is 1. The van der Waals surface area contributed by atoms with E-state index in [0.717, 1.165) is 22.4 Å². The molecule has 1 N–H and O–H groups in total. The summed E-state index contributed by atoms with van der Waals surface area (Å²) in [5.41, 5.74) is 2.78. The van der Waals surface area contributed by atoms with Crippen molar-refractivity contribution in [1.82, 2.24) is 10.2 Å². The second-order valence-electron chi connectivity index (χ2n) is 9.07. The first-order valence-electron chi connectivity index (χ1n) is 11.0. The van der Waals surface area contributed by atoms with Gasteiger partial charge in [0.2, 0.25) is 5.91 Å². The molecule has 0 aliphatic carbocycles. The third-order valence-corrected chi connectivity index (χ3v) is 5.24. The number of nitrogens with one attached hydrogen (secondary N) is 1. The van der Waals surface area contributed by atoms with E-state index < -0.39 is 11.6 Å². The van der Waals surface area contributed by atoms with Gasteiger partial charge in [-0.1, -0.05) is 25.1 Å². The quantitative estimate of drug-likeness (QED) is 0.627. The number of carbonyl (C=O) groups excluding carboxylic acids is 2. The van der Waals surface area contributed by atoms with Gasteiger partial charge in [-0.3, -0.25) is 9.59 Å². The van der Waals surface area contributed by atoms with Crippen molar-refractivity contribution in [1.29, 1.82) is 0 Å². The maximum absolute atomic E-state index is 13.3. The SMILES string of the molecule is CC[C@@H](C(=O)NC(C)(C)C)N(Cc1ccc(OC)cc1)C(=O)COc1ccc(C)c(C)c1. The Bertz CT molecular complexity index is 916. The average Bonchev–Trinajstić information content (AvgIpc) is 2.73. The molecule has 0 aliphatic heterocycles. The van der Waals surface area contributed by atoms with Crippen LogP contribution in [-0.2, 0) is 16.1 Å². The highest BCUT2D eigenvalue weighted by molar-refractivity contribution is 5.88. The first kappa shape index (κ1) is 25.2. The van der Waals surface area contributed by atoms with Crippen molar-refractivity contribution in [3.05, 3.63) is 59.2 Å². The number of benzene rings is 2. The van der Waals surface area contributed by atoms with Crippen LogP contribution in [0.2, 0.25) is 0 Å². The molecule has 0 saturated heterocycles. The van der Waals surface area contributed by atoms with E-state index in [1.807, 2.05) is 84.0 Å². The maximum atomic E-state index is 13.3. The summed E-state index contributed by atoms with van der Waals surface area (Å²) in [5, 5.41) is 3.00. The zero-order valence-corrected chi connectivity index (χ0v) is 20.3. The van der Waals surface area contributed by atoms with Crippen molar-refractivity contribution >= 4 is 11.8 Å². The molecule has 0 bridgehead atoms. The van der Waals surface area contributed by atoms with E-state index in [4.69, 9.17) is 9.47 Å². The lowest BCUT2D eigenvalue weighted by molar-refractivity contribution is -0.143. The van der Waals surface area contributed by atoms with E-state index in [1.54, 1.807) is 12.0 Å². The standard InChI is InChI=1S/C26H36N2O4/c1-8-23(25(30)27-26(4,5)6)28(16-20-10-13-21(31-7)14-11-20)24(29)17-32-22-12-9-18(2)19(3)15-22/h9-15,23H,8,16-17H2,1-7H3,(H,27,30)/t23-/m0/s1. The topological polar surface area (TPSA) is 67.9 Å². The maximum Gasteiger partial charge on any atom is 0.261 e. The fraction of sp³-hybridized carbons (Fsp3) is 0.462. The smallest absolute Gasteiger partial charge is 0.261 e. The lowest BCUT2D eigenvalue weighted by Gasteiger charge is -2.33. The molecule has 0 aliphatic rings. The van der Waals surface area contributed by atoms with Gasteiger partial charge in [0.05, 0.1) is 7.11 Å². The van der Waals surface area contributed by atoms with Crippen LogP contribution in [-0.4, -0.2) is 42.0 Å². The second kappa shape index (κ2) is 11.0. The fourth-order valence-electron chi connectivity index (χ4n) is 3.33. The Balaban J connectivity index is 2.24. The number of aryl methyl sites for hydroxylation is 2. The third kappa shape index (κ3) is 7.29. The Kier molecular flexibility index (Phi) is 8.70. The van der Waals surface area contributed by atoms with Gasteiger partial charge in [-0.05, 0) is 82.0 Å². The van der Waals surface area contributed by atoms with E-state index in [1.165, 1.54) is 0 Å². The van der Waals surface area contributed by atoms with Gasteiger partial charge in [-0.15, -0.1) is 0 Å². The number of nitrogens with zero attached hydrogens (tertiary/aromatic N) is 1. The molecule has 2 amide bonds. The van der Waals surface area contributed by atoms with E-state index in [0.29, 0.717) is 18.7 Å². The summed E-state index contributed by atoms with van der Waals surface area (Å²) < 4.78 is 11.0. The Morgan fingerprint density at radius 1 is 1.00 bits per heavy atom. The molecule has 0 heterocycles. The van der Waals surface area contributed by atoms with E-state index in [-0.39, 0.29) is 18.4 Å². The fourth-order valence-corrected chi connectivity index (χ4v) is 3.33. The molecule has 2 rings (SSSR count). The van der Waals surface area contributed by atoms with Crippen molar-refractivity contribution in [3.8, 4) is 11.5 Å². The zero-order valence-electron chi connectivity index (χ0n) is 20.3. The summed E-state index contributed by atoms with van der Waals surface area (Å²) in [7, 11) is 1.61. The minimum absolute atomic E-state index is 0.141. The van der Waals surface area contributed by atoms with Crippen molar-refractivity contribution < 1.29 is 19.1 Å². The Hall–Kier alpha value is -3.02.